The van der Waals surface area contributed by atoms with E-state index < -0.39 is 18.1 Å². The van der Waals surface area contributed by atoms with Gasteiger partial charge in [0.1, 0.15) is 12.3 Å². The van der Waals surface area contributed by atoms with Gasteiger partial charge in [-0.05, 0) is 34.6 Å². The van der Waals surface area contributed by atoms with Crippen LogP contribution in [0.1, 0.15) is 41.0 Å². The molecule has 4 atom stereocenters. The molecule has 0 saturated carbocycles. The number of nitrogens with one attached hydrogen (secondary N) is 2. The topological polar surface area (TPSA) is 117 Å². The highest BCUT2D eigenvalue weighted by atomic mass is 32.2. The Morgan fingerprint density at radius 1 is 1.30 bits per heavy atom. The van der Waals surface area contributed by atoms with Gasteiger partial charge in [-0.25, -0.2) is 0 Å². The second-order valence-electron chi connectivity index (χ2n) is 7.42. The summed E-state index contributed by atoms with van der Waals surface area (Å²) in [5, 5.41) is 14.9. The Balaban J connectivity index is 1.80. The standard InChI is InChI=1S/C15H27N3O4S/c1-7(17-12-10(22-12)8(16)6-9(19)20)11(21)18-13-14(2,3)23-15(13,4)5/h7-8,10,12-13,17H,6,16H2,1-5H3,(H,18,21)(H,19,20)/t7-,8+,10?,12?/m1/s1. The summed E-state index contributed by atoms with van der Waals surface area (Å²) in [6, 6.07) is -0.901. The molecule has 23 heavy (non-hydrogen) atoms. The number of epoxide rings is 1. The lowest BCUT2D eigenvalue weighted by Gasteiger charge is -2.57. The van der Waals surface area contributed by atoms with Gasteiger partial charge in [-0.15, -0.1) is 11.8 Å². The minimum absolute atomic E-state index is 0.0152. The Bertz CT molecular complexity index is 483. The number of carboxylic acids is 1. The minimum Gasteiger partial charge on any atom is -0.481 e. The predicted molar refractivity (Wildman–Crippen MR) is 89.2 cm³/mol. The maximum absolute atomic E-state index is 12.4. The van der Waals surface area contributed by atoms with Crippen molar-refractivity contribution >= 4 is 23.6 Å². The van der Waals surface area contributed by atoms with Gasteiger partial charge >= 0.3 is 5.97 Å². The zero-order valence-corrected chi connectivity index (χ0v) is 15.1. The van der Waals surface area contributed by atoms with Gasteiger partial charge in [-0.2, -0.15) is 0 Å². The van der Waals surface area contributed by atoms with E-state index in [1.165, 1.54) is 0 Å². The van der Waals surface area contributed by atoms with Crippen molar-refractivity contribution < 1.29 is 19.4 Å². The van der Waals surface area contributed by atoms with Crippen molar-refractivity contribution in [3.63, 3.8) is 0 Å². The van der Waals surface area contributed by atoms with Crippen LogP contribution in [-0.4, -0.2) is 56.9 Å². The number of amides is 1. The van der Waals surface area contributed by atoms with Crippen LogP contribution < -0.4 is 16.4 Å². The van der Waals surface area contributed by atoms with Crippen molar-refractivity contribution in [2.45, 2.75) is 81.0 Å². The van der Waals surface area contributed by atoms with Crippen LogP contribution in [0.15, 0.2) is 0 Å². The van der Waals surface area contributed by atoms with E-state index in [-0.39, 0.29) is 40.2 Å². The first-order valence-electron chi connectivity index (χ1n) is 7.83. The van der Waals surface area contributed by atoms with E-state index in [1.54, 1.807) is 6.92 Å². The van der Waals surface area contributed by atoms with Gasteiger partial charge in [0.05, 0.1) is 18.5 Å². The van der Waals surface area contributed by atoms with E-state index in [0.717, 1.165) is 0 Å². The molecule has 0 aliphatic carbocycles. The van der Waals surface area contributed by atoms with E-state index in [4.69, 9.17) is 15.6 Å². The quantitative estimate of drug-likeness (QED) is 0.490. The fourth-order valence-corrected chi connectivity index (χ4v) is 5.53. The monoisotopic (exact) mass is 345 g/mol. The van der Waals surface area contributed by atoms with Crippen molar-refractivity contribution in [3.05, 3.63) is 0 Å². The number of hydrogen-bond donors (Lipinski definition) is 4. The normalized spacial score (nSPS) is 30.9. The van der Waals surface area contributed by atoms with Gasteiger partial charge in [0.2, 0.25) is 5.91 Å². The van der Waals surface area contributed by atoms with Crippen LogP contribution in [0.3, 0.4) is 0 Å². The number of ether oxygens (including phenoxy) is 1. The molecule has 132 valence electrons. The van der Waals surface area contributed by atoms with Crippen molar-refractivity contribution in [2.75, 3.05) is 0 Å². The van der Waals surface area contributed by atoms with E-state index in [0.29, 0.717) is 0 Å². The Kier molecular flexibility index (Phi) is 5.02. The van der Waals surface area contributed by atoms with Crippen LogP contribution in [0.2, 0.25) is 0 Å². The van der Waals surface area contributed by atoms with Gasteiger partial charge in [-0.3, -0.25) is 14.9 Å². The zero-order valence-electron chi connectivity index (χ0n) is 14.3. The number of carbonyl (C=O) groups is 2. The Labute approximate surface area is 141 Å². The van der Waals surface area contributed by atoms with Crippen LogP contribution in [-0.2, 0) is 14.3 Å². The summed E-state index contributed by atoms with van der Waals surface area (Å²) in [6.07, 6.45) is -0.860. The highest BCUT2D eigenvalue weighted by Crippen LogP contribution is 2.54. The second-order valence-corrected chi connectivity index (χ2v) is 9.73. The van der Waals surface area contributed by atoms with Crippen LogP contribution >= 0.6 is 11.8 Å². The van der Waals surface area contributed by atoms with Gasteiger partial charge < -0.3 is 20.9 Å². The Morgan fingerprint density at radius 2 is 1.87 bits per heavy atom. The van der Waals surface area contributed by atoms with E-state index in [9.17, 15) is 9.59 Å². The minimum atomic E-state index is -0.954. The molecule has 2 saturated heterocycles. The van der Waals surface area contributed by atoms with Crippen molar-refractivity contribution in [1.29, 1.82) is 0 Å². The maximum atomic E-state index is 12.4. The molecule has 0 aromatic heterocycles. The first kappa shape index (κ1) is 18.5. The second kappa shape index (κ2) is 6.23. The van der Waals surface area contributed by atoms with Crippen molar-refractivity contribution in [1.82, 2.24) is 10.6 Å². The third kappa shape index (κ3) is 4.17. The summed E-state index contributed by atoms with van der Waals surface area (Å²) in [6.45, 7) is 10.3. The predicted octanol–water partition coefficient (Wildman–Crippen LogP) is 0.280. The average Bonchev–Trinajstić information content (AvgIpc) is 3.12. The third-order valence-corrected chi connectivity index (χ3v) is 5.89. The molecule has 7 nitrogen and oxygen atoms in total. The first-order chi connectivity index (χ1) is 10.4. The van der Waals surface area contributed by atoms with Crippen LogP contribution in [0.4, 0.5) is 0 Å². The number of nitrogens with two attached hydrogens (primary N) is 1. The molecule has 5 N–H and O–H groups in total. The first-order valence-corrected chi connectivity index (χ1v) is 8.65. The van der Waals surface area contributed by atoms with Crippen molar-refractivity contribution in [2.24, 2.45) is 5.73 Å². The lowest BCUT2D eigenvalue weighted by molar-refractivity contribution is -0.137. The number of carbonyl (C=O) groups excluding carboxylic acids is 1. The SMILES string of the molecule is C[C@@H](NC1OC1[C@@H](N)CC(=O)O)C(=O)NC1C(C)(C)SC1(C)C. The zero-order chi connectivity index (χ0) is 17.6. The highest BCUT2D eigenvalue weighted by Gasteiger charge is 2.55. The van der Waals surface area contributed by atoms with Gasteiger partial charge in [0.25, 0.3) is 0 Å². The summed E-state index contributed by atoms with van der Waals surface area (Å²) in [7, 11) is 0. The summed E-state index contributed by atoms with van der Waals surface area (Å²) < 4.78 is 5.37. The molecule has 2 heterocycles. The van der Waals surface area contributed by atoms with Crippen LogP contribution in [0, 0.1) is 0 Å². The largest absolute Gasteiger partial charge is 0.481 e. The molecular weight excluding hydrogens is 318 g/mol. The fourth-order valence-electron chi connectivity index (χ4n) is 3.41. The number of rotatable bonds is 7. The number of carboxylic acid groups (broad SMARTS) is 1. The molecule has 2 unspecified atom stereocenters. The number of aliphatic carboxylic acids is 1. The molecule has 8 heteroatoms. The van der Waals surface area contributed by atoms with Gasteiger partial charge in [0.15, 0.2) is 0 Å². The molecule has 0 aromatic rings. The van der Waals surface area contributed by atoms with Gasteiger partial charge in [-0.1, -0.05) is 0 Å². The molecular formula is C15H27N3O4S. The summed E-state index contributed by atoms with van der Waals surface area (Å²) in [5.41, 5.74) is 5.76. The Hall–Kier alpha value is -0.830. The summed E-state index contributed by atoms with van der Waals surface area (Å²) in [4.78, 5) is 23.0. The molecule has 0 aromatic carbocycles. The summed E-state index contributed by atoms with van der Waals surface area (Å²) >= 11 is 1.85. The molecule has 0 spiro atoms. The molecule has 2 fully saturated rings. The summed E-state index contributed by atoms with van der Waals surface area (Å²) in [5.74, 6) is -1.04. The van der Waals surface area contributed by atoms with Crippen LogP contribution in [0.25, 0.3) is 0 Å². The maximum Gasteiger partial charge on any atom is 0.305 e. The lowest BCUT2D eigenvalue weighted by Crippen LogP contribution is -2.68. The number of hydrogen-bond acceptors (Lipinski definition) is 6. The van der Waals surface area contributed by atoms with E-state index in [2.05, 4.69) is 38.3 Å². The smallest absolute Gasteiger partial charge is 0.305 e. The number of thioether (sulfide) groups is 1. The molecule has 0 radical (unpaired) electrons. The molecule has 2 rings (SSSR count). The van der Waals surface area contributed by atoms with Gasteiger partial charge in [0, 0.05) is 15.5 Å². The molecule has 2 aliphatic rings. The van der Waals surface area contributed by atoms with Crippen LogP contribution in [0.5, 0.6) is 0 Å². The molecule has 2 aliphatic heterocycles. The molecule has 1 amide bonds. The third-order valence-electron chi connectivity index (χ3n) is 4.37. The average molecular weight is 345 g/mol. The highest BCUT2D eigenvalue weighted by molar-refractivity contribution is 8.03. The lowest BCUT2D eigenvalue weighted by atomic mass is 9.89. The van der Waals surface area contributed by atoms with E-state index >= 15 is 0 Å². The fraction of sp³-hybridized carbons (Fsp3) is 0.867. The Morgan fingerprint density at radius 3 is 2.35 bits per heavy atom. The van der Waals surface area contributed by atoms with E-state index in [1.807, 2.05) is 11.8 Å². The van der Waals surface area contributed by atoms with Crippen molar-refractivity contribution in [3.8, 4) is 0 Å². The molecule has 0 bridgehead atoms.